The van der Waals surface area contributed by atoms with Crippen LogP contribution < -0.4 is 10.6 Å². The van der Waals surface area contributed by atoms with Crippen LogP contribution in [0.15, 0.2) is 0 Å². The molecule has 1 aliphatic carbocycles. The molecule has 0 spiro atoms. The first kappa shape index (κ1) is 10.9. The Bertz CT molecular complexity index is 171. The van der Waals surface area contributed by atoms with Gasteiger partial charge in [-0.3, -0.25) is 4.79 Å². The van der Waals surface area contributed by atoms with E-state index in [1.54, 1.807) is 11.8 Å². The summed E-state index contributed by atoms with van der Waals surface area (Å²) < 4.78 is 0. The summed E-state index contributed by atoms with van der Waals surface area (Å²) in [5.41, 5.74) is 0. The van der Waals surface area contributed by atoms with Gasteiger partial charge in [-0.1, -0.05) is 0 Å². The van der Waals surface area contributed by atoms with Crippen molar-refractivity contribution in [2.45, 2.75) is 31.8 Å². The maximum Gasteiger partial charge on any atom is 0.234 e. The summed E-state index contributed by atoms with van der Waals surface area (Å²) in [5.74, 6) is 1.19. The molecule has 0 aromatic rings. The van der Waals surface area contributed by atoms with Crippen LogP contribution in [-0.4, -0.2) is 36.5 Å². The van der Waals surface area contributed by atoms with Crippen molar-refractivity contribution in [1.82, 2.24) is 10.6 Å². The van der Waals surface area contributed by atoms with E-state index in [1.807, 2.05) is 0 Å². The lowest BCUT2D eigenvalue weighted by Gasteiger charge is -2.11. The van der Waals surface area contributed by atoms with Gasteiger partial charge in [0.15, 0.2) is 0 Å². The number of nitrogens with one attached hydrogen (secondary N) is 2. The average molecular weight is 202 g/mol. The Kier molecular flexibility index (Phi) is 4.59. The summed E-state index contributed by atoms with van der Waals surface area (Å²) in [7, 11) is 0. The molecule has 0 bridgehead atoms. The van der Waals surface area contributed by atoms with Gasteiger partial charge in [-0.2, -0.15) is 11.8 Å². The minimum atomic E-state index is 0.135. The smallest absolute Gasteiger partial charge is 0.234 e. The first-order valence-corrected chi connectivity index (χ1v) is 6.13. The second-order valence-electron chi connectivity index (χ2n) is 3.58. The topological polar surface area (TPSA) is 41.1 Å². The fourth-order valence-corrected chi connectivity index (χ4v) is 1.70. The van der Waals surface area contributed by atoms with Crippen molar-refractivity contribution in [2.24, 2.45) is 0 Å². The Balaban J connectivity index is 1.99. The van der Waals surface area contributed by atoms with Gasteiger partial charge in [0.05, 0.1) is 6.54 Å². The summed E-state index contributed by atoms with van der Waals surface area (Å²) in [5, 5.41) is 6.13. The van der Waals surface area contributed by atoms with Crippen molar-refractivity contribution in [1.29, 1.82) is 0 Å². The molecule has 2 N–H and O–H groups in total. The summed E-state index contributed by atoms with van der Waals surface area (Å²) in [4.78, 5) is 11.2. The zero-order valence-electron chi connectivity index (χ0n) is 8.30. The molecular weight excluding hydrogens is 184 g/mol. The highest BCUT2D eigenvalue weighted by atomic mass is 32.2. The van der Waals surface area contributed by atoms with Gasteiger partial charge in [0.1, 0.15) is 0 Å². The number of hydrogen-bond acceptors (Lipinski definition) is 3. The van der Waals surface area contributed by atoms with E-state index in [0.29, 0.717) is 18.6 Å². The molecule has 0 saturated heterocycles. The molecule has 0 radical (unpaired) electrons. The highest BCUT2D eigenvalue weighted by molar-refractivity contribution is 7.98. The van der Waals surface area contributed by atoms with Crippen LogP contribution in [0.2, 0.25) is 0 Å². The zero-order chi connectivity index (χ0) is 9.68. The van der Waals surface area contributed by atoms with Crippen molar-refractivity contribution in [2.75, 3.05) is 18.6 Å². The van der Waals surface area contributed by atoms with Crippen molar-refractivity contribution in [3.8, 4) is 0 Å². The van der Waals surface area contributed by atoms with Crippen LogP contribution in [-0.2, 0) is 4.79 Å². The molecule has 0 heterocycles. The van der Waals surface area contributed by atoms with Gasteiger partial charge in [0.2, 0.25) is 5.91 Å². The third kappa shape index (κ3) is 5.16. The van der Waals surface area contributed by atoms with Gasteiger partial charge in [0, 0.05) is 17.8 Å². The molecule has 1 atom stereocenters. The SMILES string of the molecule is CSCC(C)NCC(=O)NC1CC1. The van der Waals surface area contributed by atoms with E-state index in [1.165, 1.54) is 0 Å². The number of rotatable bonds is 6. The summed E-state index contributed by atoms with van der Waals surface area (Å²) in [6, 6.07) is 0.894. The zero-order valence-corrected chi connectivity index (χ0v) is 9.12. The van der Waals surface area contributed by atoms with Crippen LogP contribution in [0.1, 0.15) is 19.8 Å². The van der Waals surface area contributed by atoms with Gasteiger partial charge >= 0.3 is 0 Å². The molecule has 4 heteroatoms. The predicted octanol–water partition coefficient (Wildman–Crippen LogP) is 0.606. The van der Waals surface area contributed by atoms with Crippen molar-refractivity contribution in [3.05, 3.63) is 0 Å². The second kappa shape index (κ2) is 5.50. The van der Waals surface area contributed by atoms with Crippen LogP contribution in [0.4, 0.5) is 0 Å². The predicted molar refractivity (Wildman–Crippen MR) is 57.0 cm³/mol. The normalized spacial score (nSPS) is 18.3. The first-order valence-electron chi connectivity index (χ1n) is 4.74. The molecule has 13 heavy (non-hydrogen) atoms. The molecule has 1 unspecified atom stereocenters. The minimum Gasteiger partial charge on any atom is -0.352 e. The quantitative estimate of drug-likeness (QED) is 0.663. The standard InChI is InChI=1S/C9H18N2OS/c1-7(6-13-2)10-5-9(12)11-8-3-4-8/h7-8,10H,3-6H2,1-2H3,(H,11,12). The second-order valence-corrected chi connectivity index (χ2v) is 4.49. The van der Waals surface area contributed by atoms with Crippen molar-refractivity contribution >= 4 is 17.7 Å². The highest BCUT2D eigenvalue weighted by Crippen LogP contribution is 2.18. The van der Waals surface area contributed by atoms with Crippen LogP contribution >= 0.6 is 11.8 Å². The lowest BCUT2D eigenvalue weighted by molar-refractivity contribution is -0.120. The summed E-state index contributed by atoms with van der Waals surface area (Å²) >= 11 is 1.79. The molecule has 1 amide bonds. The molecule has 1 saturated carbocycles. The minimum absolute atomic E-state index is 0.135. The highest BCUT2D eigenvalue weighted by Gasteiger charge is 2.22. The fraction of sp³-hybridized carbons (Fsp3) is 0.889. The molecule has 76 valence electrons. The summed E-state index contributed by atoms with van der Waals surface area (Å²) in [6.07, 6.45) is 4.39. The van der Waals surface area contributed by atoms with Crippen LogP contribution in [0.25, 0.3) is 0 Å². The van der Waals surface area contributed by atoms with Gasteiger partial charge in [-0.15, -0.1) is 0 Å². The molecule has 1 rings (SSSR count). The third-order valence-electron chi connectivity index (χ3n) is 1.97. The largest absolute Gasteiger partial charge is 0.352 e. The van der Waals surface area contributed by atoms with E-state index in [9.17, 15) is 4.79 Å². The average Bonchev–Trinajstić information content (AvgIpc) is 2.85. The number of thioether (sulfide) groups is 1. The Morgan fingerprint density at radius 3 is 2.85 bits per heavy atom. The van der Waals surface area contributed by atoms with Crippen molar-refractivity contribution < 1.29 is 4.79 Å². The Labute approximate surface area is 84.0 Å². The molecule has 1 aliphatic rings. The number of carbonyl (C=O) groups excluding carboxylic acids is 1. The Morgan fingerprint density at radius 2 is 2.31 bits per heavy atom. The number of amides is 1. The van der Waals surface area contributed by atoms with E-state index in [4.69, 9.17) is 0 Å². The lowest BCUT2D eigenvalue weighted by Crippen LogP contribution is -2.39. The van der Waals surface area contributed by atoms with Gasteiger partial charge in [0.25, 0.3) is 0 Å². The number of hydrogen-bond donors (Lipinski definition) is 2. The van der Waals surface area contributed by atoms with Crippen molar-refractivity contribution in [3.63, 3.8) is 0 Å². The fourth-order valence-electron chi connectivity index (χ4n) is 1.08. The number of carbonyl (C=O) groups is 1. The maximum atomic E-state index is 11.2. The van der Waals surface area contributed by atoms with E-state index in [-0.39, 0.29) is 5.91 Å². The van der Waals surface area contributed by atoms with E-state index in [2.05, 4.69) is 23.8 Å². The maximum absolute atomic E-state index is 11.2. The van der Waals surface area contributed by atoms with Crippen LogP contribution in [0.3, 0.4) is 0 Å². The van der Waals surface area contributed by atoms with E-state index < -0.39 is 0 Å². The van der Waals surface area contributed by atoms with Gasteiger partial charge in [-0.25, -0.2) is 0 Å². The monoisotopic (exact) mass is 202 g/mol. The molecule has 0 aliphatic heterocycles. The summed E-state index contributed by atoms with van der Waals surface area (Å²) in [6.45, 7) is 2.55. The van der Waals surface area contributed by atoms with E-state index in [0.717, 1.165) is 18.6 Å². The molecular formula is C9H18N2OS. The molecule has 0 aromatic carbocycles. The van der Waals surface area contributed by atoms with Gasteiger partial charge in [-0.05, 0) is 26.0 Å². The lowest BCUT2D eigenvalue weighted by atomic mass is 10.4. The van der Waals surface area contributed by atoms with E-state index >= 15 is 0 Å². The third-order valence-corrected chi connectivity index (χ3v) is 2.80. The molecule has 1 fully saturated rings. The Morgan fingerprint density at radius 1 is 1.62 bits per heavy atom. The Hall–Kier alpha value is -0.220. The molecule has 3 nitrogen and oxygen atoms in total. The first-order chi connectivity index (χ1) is 6.22. The van der Waals surface area contributed by atoms with Crippen LogP contribution in [0.5, 0.6) is 0 Å². The van der Waals surface area contributed by atoms with Gasteiger partial charge < -0.3 is 10.6 Å². The van der Waals surface area contributed by atoms with Crippen LogP contribution in [0, 0.1) is 0 Å². The molecule has 0 aromatic heterocycles.